The van der Waals surface area contributed by atoms with E-state index in [-0.39, 0.29) is 49.7 Å². The van der Waals surface area contributed by atoms with Crippen molar-refractivity contribution in [3.63, 3.8) is 0 Å². The summed E-state index contributed by atoms with van der Waals surface area (Å²) in [5.41, 5.74) is 9.62. The Hall–Kier alpha value is -3.55. The van der Waals surface area contributed by atoms with Crippen LogP contribution in [-0.4, -0.2) is 49.5 Å². The number of nitrogens with zero attached hydrogens (tertiary/aromatic N) is 4. The first-order chi connectivity index (χ1) is 25.1. The SMILES string of the molecule is CC(C)(C)OC(=O)C[C@@H](CCCC1CCCCC1)c1nc(CN)no1.CC(C)(C)OC(=O)C[C@@H](CCCC1CCCCC1)c1nc(CNC(N)=O)no1. The molecule has 4 rings (SSSR count). The number of urea groups is 1. The minimum Gasteiger partial charge on any atom is -0.460 e. The summed E-state index contributed by atoms with van der Waals surface area (Å²) in [4.78, 5) is 44.1. The quantitative estimate of drug-likeness (QED) is 0.132. The van der Waals surface area contributed by atoms with E-state index in [0.29, 0.717) is 23.4 Å². The maximum absolute atomic E-state index is 12.3. The summed E-state index contributed by atoms with van der Waals surface area (Å²) in [6, 6.07) is -0.649. The minimum absolute atomic E-state index is 0.0914. The number of aromatic nitrogens is 4. The van der Waals surface area contributed by atoms with Gasteiger partial charge in [0, 0.05) is 11.8 Å². The van der Waals surface area contributed by atoms with Crippen molar-refractivity contribution in [2.24, 2.45) is 23.3 Å². The van der Waals surface area contributed by atoms with Gasteiger partial charge in [0.1, 0.15) is 11.2 Å². The van der Waals surface area contributed by atoms with Gasteiger partial charge in [0.15, 0.2) is 11.6 Å². The van der Waals surface area contributed by atoms with Gasteiger partial charge in [-0.3, -0.25) is 9.59 Å². The Balaban J connectivity index is 0.000000287. The molecule has 2 atom stereocenters. The van der Waals surface area contributed by atoms with Crippen LogP contribution < -0.4 is 16.8 Å². The third-order valence-electron chi connectivity index (χ3n) is 9.71. The zero-order chi connectivity index (χ0) is 38.9. The van der Waals surface area contributed by atoms with E-state index in [2.05, 4.69) is 25.6 Å². The lowest BCUT2D eigenvalue weighted by molar-refractivity contribution is -0.156. The van der Waals surface area contributed by atoms with Crippen LogP contribution in [0.15, 0.2) is 9.05 Å². The minimum atomic E-state index is -0.649. The predicted octanol–water partition coefficient (Wildman–Crippen LogP) is 7.90. The zero-order valence-electron chi connectivity index (χ0n) is 33.3. The van der Waals surface area contributed by atoms with Crippen molar-refractivity contribution in [1.29, 1.82) is 0 Å². The Morgan fingerprint density at radius 1 is 0.717 bits per heavy atom. The second-order valence-electron chi connectivity index (χ2n) is 16.9. The summed E-state index contributed by atoms with van der Waals surface area (Å²) in [5.74, 6) is 2.59. The Morgan fingerprint density at radius 3 is 1.51 bits per heavy atom. The molecule has 53 heavy (non-hydrogen) atoms. The van der Waals surface area contributed by atoms with E-state index in [1.165, 1.54) is 70.6 Å². The molecule has 0 aromatic carbocycles. The van der Waals surface area contributed by atoms with Crippen molar-refractivity contribution >= 4 is 18.0 Å². The van der Waals surface area contributed by atoms with Crippen LogP contribution >= 0.6 is 0 Å². The average Bonchev–Trinajstić information content (AvgIpc) is 3.77. The number of esters is 2. The highest BCUT2D eigenvalue weighted by molar-refractivity contribution is 5.71. The van der Waals surface area contributed by atoms with Gasteiger partial charge < -0.3 is 35.3 Å². The van der Waals surface area contributed by atoms with Crippen LogP contribution in [0.3, 0.4) is 0 Å². The summed E-state index contributed by atoms with van der Waals surface area (Å²) >= 11 is 0. The highest BCUT2D eigenvalue weighted by atomic mass is 16.6. The van der Waals surface area contributed by atoms with Crippen LogP contribution in [0.2, 0.25) is 0 Å². The van der Waals surface area contributed by atoms with Gasteiger partial charge in [-0.15, -0.1) is 0 Å². The van der Waals surface area contributed by atoms with Crippen LogP contribution in [0.4, 0.5) is 4.79 Å². The number of hydrogen-bond donors (Lipinski definition) is 3. The molecular weight excluding hydrogens is 678 g/mol. The Kier molecular flexibility index (Phi) is 18.2. The van der Waals surface area contributed by atoms with Crippen LogP contribution in [0.1, 0.15) is 192 Å². The summed E-state index contributed by atoms with van der Waals surface area (Å²) in [7, 11) is 0. The van der Waals surface area contributed by atoms with Crippen molar-refractivity contribution in [3.8, 4) is 0 Å². The zero-order valence-corrected chi connectivity index (χ0v) is 33.3. The molecule has 2 aliphatic carbocycles. The largest absolute Gasteiger partial charge is 0.460 e. The molecule has 2 aliphatic rings. The number of nitrogens with one attached hydrogen (secondary N) is 1. The Bertz CT molecular complexity index is 1370. The molecule has 2 saturated carbocycles. The molecule has 2 aromatic rings. The highest BCUT2D eigenvalue weighted by Crippen LogP contribution is 2.33. The third kappa shape index (κ3) is 18.4. The number of nitrogens with two attached hydrogens (primary N) is 2. The first-order valence-corrected chi connectivity index (χ1v) is 19.9. The monoisotopic (exact) mass is 746 g/mol. The van der Waals surface area contributed by atoms with E-state index < -0.39 is 17.2 Å². The van der Waals surface area contributed by atoms with E-state index in [1.807, 2.05) is 41.5 Å². The average molecular weight is 746 g/mol. The molecule has 14 heteroatoms. The molecule has 2 heterocycles. The molecule has 5 N–H and O–H groups in total. The third-order valence-corrected chi connectivity index (χ3v) is 9.71. The number of rotatable bonds is 17. The molecule has 0 radical (unpaired) electrons. The number of ether oxygens (including phenoxy) is 2. The second-order valence-corrected chi connectivity index (χ2v) is 16.9. The van der Waals surface area contributed by atoms with E-state index in [0.717, 1.165) is 43.9 Å². The van der Waals surface area contributed by atoms with Gasteiger partial charge in [0.2, 0.25) is 11.8 Å². The lowest BCUT2D eigenvalue weighted by Crippen LogP contribution is -2.29. The molecule has 300 valence electrons. The molecule has 0 aliphatic heterocycles. The van der Waals surface area contributed by atoms with E-state index in [4.69, 9.17) is 30.0 Å². The molecule has 0 spiro atoms. The fourth-order valence-corrected chi connectivity index (χ4v) is 7.24. The number of carbonyl (C=O) groups is 3. The van der Waals surface area contributed by atoms with Crippen molar-refractivity contribution < 1.29 is 32.9 Å². The molecule has 14 nitrogen and oxygen atoms in total. The smallest absolute Gasteiger partial charge is 0.312 e. The van der Waals surface area contributed by atoms with Gasteiger partial charge in [-0.05, 0) is 66.2 Å². The molecule has 2 fully saturated rings. The number of amides is 2. The van der Waals surface area contributed by atoms with Gasteiger partial charge in [-0.25, -0.2) is 4.79 Å². The van der Waals surface area contributed by atoms with Gasteiger partial charge in [-0.2, -0.15) is 9.97 Å². The highest BCUT2D eigenvalue weighted by Gasteiger charge is 2.28. The first-order valence-electron chi connectivity index (χ1n) is 19.9. The van der Waals surface area contributed by atoms with Gasteiger partial charge >= 0.3 is 18.0 Å². The first kappa shape index (κ1) is 43.9. The lowest BCUT2D eigenvalue weighted by Gasteiger charge is -2.23. The van der Waals surface area contributed by atoms with Crippen molar-refractivity contribution in [3.05, 3.63) is 23.4 Å². The summed E-state index contributed by atoms with van der Waals surface area (Å²) < 4.78 is 21.6. The van der Waals surface area contributed by atoms with Gasteiger partial charge in [0.25, 0.3) is 0 Å². The van der Waals surface area contributed by atoms with E-state index in [1.54, 1.807) is 0 Å². The van der Waals surface area contributed by atoms with Gasteiger partial charge in [0.05, 0.1) is 25.9 Å². The van der Waals surface area contributed by atoms with E-state index >= 15 is 0 Å². The molecule has 0 bridgehead atoms. The Morgan fingerprint density at radius 2 is 1.13 bits per heavy atom. The van der Waals surface area contributed by atoms with Crippen molar-refractivity contribution in [1.82, 2.24) is 25.6 Å². The predicted molar refractivity (Wildman–Crippen MR) is 200 cm³/mol. The van der Waals surface area contributed by atoms with Crippen LogP contribution in [0.5, 0.6) is 0 Å². The van der Waals surface area contributed by atoms with Crippen molar-refractivity contribution in [2.75, 3.05) is 0 Å². The Labute approximate surface area is 316 Å². The number of carbonyl (C=O) groups excluding carboxylic acids is 3. The topological polar surface area (TPSA) is 212 Å². The fraction of sp³-hybridized carbons (Fsp3) is 0.821. The standard InChI is InChI=1S/C20H34N4O4.C19H33N3O3/c1-20(2,3)27-17(25)12-15(11-7-10-14-8-5-4-6-9-14)18-23-16(24-28-18)13-22-19(21)26;1-19(2,3)24-17(23)12-15(18-21-16(13-20)22-25-18)11-7-10-14-8-5-4-6-9-14/h14-15H,4-13H2,1-3H3,(H3,21,22,26);14-15H,4-13,20H2,1-3H3/t2*15-/m11/s1. The van der Waals surface area contributed by atoms with Crippen LogP contribution in [0.25, 0.3) is 0 Å². The summed E-state index contributed by atoms with van der Waals surface area (Å²) in [6.07, 6.45) is 20.0. The van der Waals surface area contributed by atoms with Crippen LogP contribution in [0, 0.1) is 11.8 Å². The number of hydrogen-bond acceptors (Lipinski definition) is 12. The van der Waals surface area contributed by atoms with E-state index in [9.17, 15) is 14.4 Å². The lowest BCUT2D eigenvalue weighted by atomic mass is 9.84. The molecule has 2 aromatic heterocycles. The number of primary amides is 1. The van der Waals surface area contributed by atoms with Crippen molar-refractivity contribution in [2.45, 2.75) is 193 Å². The molecule has 0 unspecified atom stereocenters. The summed E-state index contributed by atoms with van der Waals surface area (Å²) in [6.45, 7) is 11.5. The molecule has 2 amide bonds. The maximum Gasteiger partial charge on any atom is 0.312 e. The maximum atomic E-state index is 12.3. The fourth-order valence-electron chi connectivity index (χ4n) is 7.24. The summed E-state index contributed by atoms with van der Waals surface area (Å²) in [5, 5.41) is 10.2. The molecule has 0 saturated heterocycles. The molecular formula is C39H67N7O7. The normalized spacial score (nSPS) is 17.0. The second kappa shape index (κ2) is 22.0. The van der Waals surface area contributed by atoms with Gasteiger partial charge in [-0.1, -0.05) is 100 Å². The van der Waals surface area contributed by atoms with Crippen LogP contribution in [-0.2, 0) is 32.2 Å².